The summed E-state index contributed by atoms with van der Waals surface area (Å²) >= 11 is 0. The summed E-state index contributed by atoms with van der Waals surface area (Å²) in [5, 5.41) is 14.7. The molecule has 1 heterocycles. The van der Waals surface area contributed by atoms with Crippen LogP contribution in [0.3, 0.4) is 0 Å². The Morgan fingerprint density at radius 1 is 1.62 bits per heavy atom. The summed E-state index contributed by atoms with van der Waals surface area (Å²) in [5.41, 5.74) is -0.229. The van der Waals surface area contributed by atoms with E-state index in [1.165, 1.54) is 7.11 Å². The molecule has 1 aliphatic heterocycles. The van der Waals surface area contributed by atoms with E-state index >= 15 is 0 Å². The maximum absolute atomic E-state index is 11.5. The number of amides is 1. The largest absolute Gasteiger partial charge is 0.394 e. The van der Waals surface area contributed by atoms with Crippen LogP contribution < -0.4 is 10.6 Å². The molecule has 0 spiro atoms. The van der Waals surface area contributed by atoms with Crippen molar-refractivity contribution in [2.24, 2.45) is 0 Å². The second-order valence-electron chi connectivity index (χ2n) is 4.24. The van der Waals surface area contributed by atoms with Crippen LogP contribution in [0.15, 0.2) is 0 Å². The molecule has 1 unspecified atom stereocenters. The van der Waals surface area contributed by atoms with Gasteiger partial charge >= 0.3 is 0 Å². The summed E-state index contributed by atoms with van der Waals surface area (Å²) in [6, 6.07) is -0.367. The zero-order valence-electron chi connectivity index (χ0n) is 9.78. The lowest BCUT2D eigenvalue weighted by molar-refractivity contribution is -0.137. The SMILES string of the molecule is COCC(CO)NC(=O)COC1(C)CNC1. The molecule has 0 aromatic carbocycles. The first-order valence-corrected chi connectivity index (χ1v) is 5.33. The summed E-state index contributed by atoms with van der Waals surface area (Å²) in [6.07, 6.45) is 0. The van der Waals surface area contributed by atoms with Crippen molar-refractivity contribution in [1.82, 2.24) is 10.6 Å². The molecule has 0 bridgehead atoms. The Morgan fingerprint density at radius 3 is 2.75 bits per heavy atom. The first kappa shape index (κ1) is 13.4. The van der Waals surface area contributed by atoms with Crippen molar-refractivity contribution in [1.29, 1.82) is 0 Å². The number of methoxy groups -OCH3 is 1. The van der Waals surface area contributed by atoms with Gasteiger partial charge in [0.1, 0.15) is 6.61 Å². The average molecular weight is 232 g/mol. The van der Waals surface area contributed by atoms with Crippen molar-refractivity contribution in [3.63, 3.8) is 0 Å². The van der Waals surface area contributed by atoms with Crippen LogP contribution in [0.25, 0.3) is 0 Å². The number of rotatable bonds is 7. The standard InChI is InChI=1S/C10H20N2O4/c1-10(6-11-7-10)16-5-9(14)12-8(3-13)4-15-2/h8,11,13H,3-7H2,1-2H3,(H,12,14). The summed E-state index contributed by atoms with van der Waals surface area (Å²) in [7, 11) is 1.52. The van der Waals surface area contributed by atoms with Crippen LogP contribution in [-0.2, 0) is 14.3 Å². The van der Waals surface area contributed by atoms with Crippen molar-refractivity contribution in [2.75, 3.05) is 40.0 Å². The van der Waals surface area contributed by atoms with Gasteiger partial charge in [-0.15, -0.1) is 0 Å². The molecule has 1 saturated heterocycles. The number of aliphatic hydroxyl groups is 1. The summed E-state index contributed by atoms with van der Waals surface area (Å²) in [5.74, 6) is -0.232. The molecule has 1 amide bonds. The number of hydrogen-bond acceptors (Lipinski definition) is 5. The van der Waals surface area contributed by atoms with Gasteiger partial charge in [0.2, 0.25) is 5.91 Å². The second kappa shape index (κ2) is 6.15. The van der Waals surface area contributed by atoms with Crippen molar-refractivity contribution in [2.45, 2.75) is 18.6 Å². The second-order valence-corrected chi connectivity index (χ2v) is 4.24. The molecule has 16 heavy (non-hydrogen) atoms. The molecule has 0 aromatic heterocycles. The van der Waals surface area contributed by atoms with Gasteiger partial charge in [0.25, 0.3) is 0 Å². The van der Waals surface area contributed by atoms with Gasteiger partial charge in [-0.2, -0.15) is 0 Å². The van der Waals surface area contributed by atoms with Gasteiger partial charge in [-0.1, -0.05) is 0 Å². The van der Waals surface area contributed by atoms with E-state index in [4.69, 9.17) is 14.6 Å². The molecule has 1 aliphatic rings. The zero-order chi connectivity index (χ0) is 12.0. The first-order valence-electron chi connectivity index (χ1n) is 5.33. The Hall–Kier alpha value is -0.690. The molecule has 3 N–H and O–H groups in total. The van der Waals surface area contributed by atoms with Gasteiger partial charge in [-0.05, 0) is 6.92 Å². The van der Waals surface area contributed by atoms with Crippen molar-refractivity contribution in [3.8, 4) is 0 Å². The van der Waals surface area contributed by atoms with E-state index in [9.17, 15) is 4.79 Å². The molecule has 6 nitrogen and oxygen atoms in total. The Labute approximate surface area is 95.3 Å². The van der Waals surface area contributed by atoms with E-state index in [1.807, 2.05) is 6.92 Å². The Kier molecular flexibility index (Phi) is 5.14. The number of nitrogens with one attached hydrogen (secondary N) is 2. The van der Waals surface area contributed by atoms with E-state index in [0.717, 1.165) is 13.1 Å². The number of hydrogen-bond donors (Lipinski definition) is 3. The third kappa shape index (κ3) is 4.05. The molecule has 1 rings (SSSR count). The quantitative estimate of drug-likeness (QED) is 0.497. The topological polar surface area (TPSA) is 79.8 Å². The van der Waals surface area contributed by atoms with Crippen LogP contribution in [0.5, 0.6) is 0 Å². The molecule has 0 aliphatic carbocycles. The van der Waals surface area contributed by atoms with Gasteiger partial charge in [-0.3, -0.25) is 4.79 Å². The van der Waals surface area contributed by atoms with Gasteiger partial charge in [0.15, 0.2) is 0 Å². The lowest BCUT2D eigenvalue weighted by atomic mass is 10.0. The molecule has 0 radical (unpaired) electrons. The van der Waals surface area contributed by atoms with E-state index < -0.39 is 0 Å². The molecule has 0 saturated carbocycles. The normalized spacial score (nSPS) is 19.9. The van der Waals surface area contributed by atoms with E-state index in [1.54, 1.807) is 0 Å². The summed E-state index contributed by atoms with van der Waals surface area (Å²) in [6.45, 7) is 3.65. The van der Waals surface area contributed by atoms with Crippen LogP contribution in [0, 0.1) is 0 Å². The number of carbonyl (C=O) groups excluding carboxylic acids is 1. The summed E-state index contributed by atoms with van der Waals surface area (Å²) < 4.78 is 10.3. The van der Waals surface area contributed by atoms with Crippen LogP contribution in [-0.4, -0.2) is 62.7 Å². The lowest BCUT2D eigenvalue weighted by Crippen LogP contribution is -2.60. The number of carbonyl (C=O) groups is 1. The van der Waals surface area contributed by atoms with E-state index in [-0.39, 0.29) is 30.8 Å². The van der Waals surface area contributed by atoms with E-state index in [0.29, 0.717) is 6.61 Å². The third-order valence-corrected chi connectivity index (χ3v) is 2.50. The Morgan fingerprint density at radius 2 is 2.31 bits per heavy atom. The average Bonchev–Trinajstić information content (AvgIpc) is 2.23. The minimum Gasteiger partial charge on any atom is -0.394 e. The number of ether oxygens (including phenoxy) is 2. The van der Waals surface area contributed by atoms with Crippen LogP contribution >= 0.6 is 0 Å². The van der Waals surface area contributed by atoms with Gasteiger partial charge in [0, 0.05) is 20.2 Å². The van der Waals surface area contributed by atoms with Crippen LogP contribution in [0.1, 0.15) is 6.92 Å². The fraction of sp³-hybridized carbons (Fsp3) is 0.900. The summed E-state index contributed by atoms with van der Waals surface area (Å²) in [4.78, 5) is 11.5. The minimum absolute atomic E-state index is 0.0123. The zero-order valence-corrected chi connectivity index (χ0v) is 9.78. The first-order chi connectivity index (χ1) is 7.59. The van der Waals surface area contributed by atoms with E-state index in [2.05, 4.69) is 10.6 Å². The smallest absolute Gasteiger partial charge is 0.246 e. The van der Waals surface area contributed by atoms with Gasteiger partial charge < -0.3 is 25.2 Å². The maximum atomic E-state index is 11.5. The highest BCUT2D eigenvalue weighted by Crippen LogP contribution is 2.14. The number of aliphatic hydroxyl groups excluding tert-OH is 1. The Bertz CT molecular complexity index is 231. The molecule has 6 heteroatoms. The molecular formula is C10H20N2O4. The van der Waals surface area contributed by atoms with Crippen molar-refractivity contribution in [3.05, 3.63) is 0 Å². The predicted octanol–water partition coefficient (Wildman–Crippen LogP) is -1.51. The predicted molar refractivity (Wildman–Crippen MR) is 58.1 cm³/mol. The van der Waals surface area contributed by atoms with Gasteiger partial charge in [-0.25, -0.2) is 0 Å². The molecule has 1 atom stereocenters. The fourth-order valence-corrected chi connectivity index (χ4v) is 1.43. The highest BCUT2D eigenvalue weighted by molar-refractivity contribution is 5.77. The van der Waals surface area contributed by atoms with Crippen LogP contribution in [0.2, 0.25) is 0 Å². The lowest BCUT2D eigenvalue weighted by Gasteiger charge is -2.38. The minimum atomic E-state index is -0.367. The fourth-order valence-electron chi connectivity index (χ4n) is 1.43. The third-order valence-electron chi connectivity index (χ3n) is 2.50. The monoisotopic (exact) mass is 232 g/mol. The van der Waals surface area contributed by atoms with Crippen molar-refractivity contribution < 1.29 is 19.4 Å². The van der Waals surface area contributed by atoms with Crippen molar-refractivity contribution >= 4 is 5.91 Å². The van der Waals surface area contributed by atoms with Gasteiger partial charge in [0.05, 0.1) is 24.9 Å². The maximum Gasteiger partial charge on any atom is 0.246 e. The molecule has 94 valence electrons. The Balaban J connectivity index is 2.18. The van der Waals surface area contributed by atoms with Crippen LogP contribution in [0.4, 0.5) is 0 Å². The molecular weight excluding hydrogens is 212 g/mol. The molecule has 0 aromatic rings. The highest BCUT2D eigenvalue weighted by Gasteiger charge is 2.33. The molecule has 1 fully saturated rings. The highest BCUT2D eigenvalue weighted by atomic mass is 16.5.